The highest BCUT2D eigenvalue weighted by Crippen LogP contribution is 2.51. The van der Waals surface area contributed by atoms with E-state index in [1.807, 2.05) is 84.9 Å². The lowest BCUT2D eigenvalue weighted by Gasteiger charge is -2.39. The summed E-state index contributed by atoms with van der Waals surface area (Å²) in [6.07, 6.45) is -0.0342. The molecule has 1 aliphatic heterocycles. The van der Waals surface area contributed by atoms with Crippen LogP contribution in [0, 0.1) is 11.3 Å². The van der Waals surface area contributed by atoms with Crippen molar-refractivity contribution in [3.8, 4) is 17.6 Å². The lowest BCUT2D eigenvalue weighted by Crippen LogP contribution is -2.42. The number of carbonyl (C=O) groups is 1. The van der Waals surface area contributed by atoms with E-state index in [2.05, 4.69) is 58.7 Å². The van der Waals surface area contributed by atoms with E-state index in [4.69, 9.17) is 32.7 Å². The molecule has 0 saturated carbocycles. The van der Waals surface area contributed by atoms with Crippen molar-refractivity contribution in [1.82, 2.24) is 24.2 Å². The molecule has 0 bridgehead atoms. The number of amides is 1. The zero-order valence-corrected chi connectivity index (χ0v) is 37.9. The maximum absolute atomic E-state index is 13.3. The Labute approximate surface area is 375 Å². The number of nitrogens with one attached hydrogen (secondary N) is 1. The van der Waals surface area contributed by atoms with Crippen LogP contribution in [0.4, 0.5) is 5.82 Å². The molecule has 3 heterocycles. The van der Waals surface area contributed by atoms with Gasteiger partial charge in [-0.1, -0.05) is 72.8 Å². The first kappa shape index (κ1) is 46.2. The highest BCUT2D eigenvalue weighted by molar-refractivity contribution is 7.44. The van der Waals surface area contributed by atoms with E-state index in [0.717, 1.165) is 16.7 Å². The van der Waals surface area contributed by atoms with E-state index in [1.165, 1.54) is 6.33 Å². The van der Waals surface area contributed by atoms with E-state index in [1.54, 1.807) is 56.5 Å². The molecular formula is C48H54N7O8P. The molecule has 7 rings (SSSR count). The molecule has 1 saturated heterocycles. The number of hydrogen-bond donors (Lipinski definition) is 1. The third-order valence-corrected chi connectivity index (χ3v) is 13.1. The van der Waals surface area contributed by atoms with Gasteiger partial charge in [-0.3, -0.25) is 9.36 Å². The summed E-state index contributed by atoms with van der Waals surface area (Å²) in [6, 6.07) is 36.7. The van der Waals surface area contributed by atoms with Gasteiger partial charge in [-0.25, -0.2) is 19.6 Å². The minimum Gasteiger partial charge on any atom is -0.497 e. The van der Waals surface area contributed by atoms with Crippen LogP contribution in [-0.4, -0.2) is 95.0 Å². The van der Waals surface area contributed by atoms with Crippen LogP contribution in [-0.2, 0) is 28.9 Å². The molecule has 15 nitrogen and oxygen atoms in total. The Kier molecular flexibility index (Phi) is 15.3. The molecule has 1 unspecified atom stereocenters. The summed E-state index contributed by atoms with van der Waals surface area (Å²) in [5.41, 5.74) is 2.61. The number of fused-ring (bicyclic) bond motifs is 1. The molecule has 334 valence electrons. The summed E-state index contributed by atoms with van der Waals surface area (Å²) < 4.78 is 49.5. The largest absolute Gasteiger partial charge is 0.497 e. The quantitative estimate of drug-likeness (QED) is 0.0440. The highest BCUT2D eigenvalue weighted by Gasteiger charge is 2.51. The average molecular weight is 888 g/mol. The molecule has 0 aliphatic carbocycles. The van der Waals surface area contributed by atoms with Crippen molar-refractivity contribution in [2.75, 3.05) is 39.9 Å². The zero-order chi connectivity index (χ0) is 45.2. The number of anilines is 1. The Morgan fingerprint density at radius 1 is 0.828 bits per heavy atom. The van der Waals surface area contributed by atoms with Gasteiger partial charge in [0, 0.05) is 24.8 Å². The summed E-state index contributed by atoms with van der Waals surface area (Å²) in [4.78, 5) is 26.9. The van der Waals surface area contributed by atoms with Crippen molar-refractivity contribution in [2.24, 2.45) is 0 Å². The molecule has 0 radical (unpaired) electrons. The Bertz CT molecular complexity index is 2410. The number of ether oxygens (including phenoxy) is 5. The maximum atomic E-state index is 13.3. The van der Waals surface area contributed by atoms with Crippen molar-refractivity contribution in [3.63, 3.8) is 0 Å². The maximum Gasteiger partial charge on any atom is 0.259 e. The van der Waals surface area contributed by atoms with E-state index < -0.39 is 38.7 Å². The minimum absolute atomic E-state index is 0.00129. The first-order valence-electron chi connectivity index (χ1n) is 21.1. The number of nitrogens with zero attached hydrogens (tertiary/aromatic N) is 6. The number of rotatable bonds is 20. The number of methoxy groups -OCH3 is 3. The molecular weight excluding hydrogens is 834 g/mol. The number of imidazole rings is 1. The van der Waals surface area contributed by atoms with Gasteiger partial charge in [0.05, 0.1) is 46.3 Å². The molecule has 2 aromatic heterocycles. The van der Waals surface area contributed by atoms with E-state index >= 15 is 0 Å². The highest BCUT2D eigenvalue weighted by atomic mass is 31.2. The van der Waals surface area contributed by atoms with Crippen LogP contribution in [0.1, 0.15) is 67.4 Å². The monoisotopic (exact) mass is 887 g/mol. The SMILES string of the molecule is COc1ccc(C(OC[C@H]2O[C@@H](n3cnc4c(NC(=O)c5ccccc5)ncnc43)[C@@H](OC)[C@@H]2OP(OCCC#N)N(C(C)C)C(C)C)(c2ccccc2)c2ccc(OC)cc2)cc1. The molecule has 1 amide bonds. The van der Waals surface area contributed by atoms with Crippen molar-refractivity contribution in [2.45, 2.75) is 76.3 Å². The van der Waals surface area contributed by atoms with Crippen LogP contribution in [0.15, 0.2) is 122 Å². The second-order valence-corrected chi connectivity index (χ2v) is 17.0. The van der Waals surface area contributed by atoms with Crippen molar-refractivity contribution < 1.29 is 37.5 Å². The fraction of sp³-hybridized carbons (Fsp3) is 0.354. The van der Waals surface area contributed by atoms with Crippen LogP contribution in [0.25, 0.3) is 11.2 Å². The lowest BCUT2D eigenvalue weighted by atomic mass is 9.80. The van der Waals surface area contributed by atoms with Gasteiger partial charge in [0.15, 0.2) is 23.2 Å². The van der Waals surface area contributed by atoms with Gasteiger partial charge in [0.1, 0.15) is 41.7 Å². The Morgan fingerprint density at radius 3 is 1.98 bits per heavy atom. The predicted octanol–water partition coefficient (Wildman–Crippen LogP) is 8.68. The molecule has 0 spiro atoms. The van der Waals surface area contributed by atoms with Gasteiger partial charge in [0.2, 0.25) is 0 Å². The first-order chi connectivity index (χ1) is 31.1. The van der Waals surface area contributed by atoms with Crippen LogP contribution in [0.3, 0.4) is 0 Å². The molecule has 1 aliphatic rings. The molecule has 4 aromatic carbocycles. The second-order valence-electron chi connectivity index (χ2n) is 15.6. The number of nitriles is 1. The summed E-state index contributed by atoms with van der Waals surface area (Å²) in [6.45, 7) is 8.49. The predicted molar refractivity (Wildman–Crippen MR) is 243 cm³/mol. The van der Waals surface area contributed by atoms with Gasteiger partial charge in [-0.15, -0.1) is 0 Å². The van der Waals surface area contributed by atoms with Gasteiger partial charge in [-0.05, 0) is 80.8 Å². The van der Waals surface area contributed by atoms with Crippen molar-refractivity contribution in [1.29, 1.82) is 5.26 Å². The fourth-order valence-corrected chi connectivity index (χ4v) is 9.79. The minimum atomic E-state index is -1.77. The molecule has 6 aromatic rings. The summed E-state index contributed by atoms with van der Waals surface area (Å²) in [5.74, 6) is 1.29. The Morgan fingerprint density at radius 2 is 1.42 bits per heavy atom. The van der Waals surface area contributed by atoms with E-state index in [0.29, 0.717) is 28.2 Å². The molecule has 5 atom stereocenters. The second kappa shape index (κ2) is 21.2. The van der Waals surface area contributed by atoms with Crippen molar-refractivity contribution in [3.05, 3.63) is 144 Å². The Balaban J connectivity index is 1.33. The molecule has 1 N–H and O–H groups in total. The summed E-state index contributed by atoms with van der Waals surface area (Å²) >= 11 is 0. The summed E-state index contributed by atoms with van der Waals surface area (Å²) in [7, 11) is 3.10. The number of carbonyl (C=O) groups excluding carboxylic acids is 1. The molecule has 16 heteroatoms. The van der Waals surface area contributed by atoms with Crippen molar-refractivity contribution >= 4 is 31.4 Å². The van der Waals surface area contributed by atoms with E-state index in [9.17, 15) is 10.1 Å². The van der Waals surface area contributed by atoms with Crippen LogP contribution in [0.5, 0.6) is 11.5 Å². The summed E-state index contributed by atoms with van der Waals surface area (Å²) in [5, 5.41) is 12.4. The van der Waals surface area contributed by atoms with Gasteiger partial charge >= 0.3 is 0 Å². The van der Waals surface area contributed by atoms with Gasteiger partial charge in [0.25, 0.3) is 14.4 Å². The zero-order valence-electron chi connectivity index (χ0n) is 37.0. The molecule has 1 fully saturated rings. The van der Waals surface area contributed by atoms with Crippen LogP contribution in [0.2, 0.25) is 0 Å². The number of benzene rings is 4. The number of aromatic nitrogens is 4. The van der Waals surface area contributed by atoms with E-state index in [-0.39, 0.29) is 43.4 Å². The Hall–Kier alpha value is -5.82. The lowest BCUT2D eigenvalue weighted by molar-refractivity contribution is -0.0938. The fourth-order valence-electron chi connectivity index (χ4n) is 8.02. The number of hydrogen-bond acceptors (Lipinski definition) is 13. The third kappa shape index (κ3) is 9.79. The first-order valence-corrected chi connectivity index (χ1v) is 22.2. The standard InChI is InChI=1S/C48H54N7O8P/c1-32(2)55(33(3)4)64(61-28-14-27-49)63-42-40(62-47(43(42)59-7)54-31-52-41-44(50-30-51-45(41)54)53-46(56)34-15-10-8-11-16-34)29-60-48(35-17-12-9-13-18-35,36-19-23-38(57-5)24-20-36)37-21-25-39(58-6)26-22-37/h8-13,15-26,30-33,40,42-43,47H,14,28-29H2,1-7H3,(H,50,51,53,56)/t40-,42-,43+,47-,64?/m1/s1. The smallest absolute Gasteiger partial charge is 0.259 e. The van der Waals surface area contributed by atoms with Crippen LogP contribution < -0.4 is 14.8 Å². The van der Waals surface area contributed by atoms with Gasteiger partial charge < -0.3 is 38.0 Å². The molecule has 64 heavy (non-hydrogen) atoms. The topological polar surface area (TPSA) is 164 Å². The third-order valence-electron chi connectivity index (χ3n) is 11.0. The average Bonchev–Trinajstić information content (AvgIpc) is 3.91. The van der Waals surface area contributed by atoms with Crippen LogP contribution >= 0.6 is 8.53 Å². The normalized spacial score (nSPS) is 18.1. The van der Waals surface area contributed by atoms with Gasteiger partial charge in [-0.2, -0.15) is 5.26 Å².